The summed E-state index contributed by atoms with van der Waals surface area (Å²) < 4.78 is 41.7. The molecule has 3 heterocycles. The van der Waals surface area contributed by atoms with Crippen molar-refractivity contribution >= 4 is 32.2 Å². The monoisotopic (exact) mass is 463 g/mol. The molecule has 3 rings (SSSR count). The van der Waals surface area contributed by atoms with Crippen LogP contribution >= 0.6 is 15.2 Å². The van der Waals surface area contributed by atoms with Crippen LogP contribution in [0.5, 0.6) is 0 Å². The van der Waals surface area contributed by atoms with E-state index in [2.05, 4.69) is 15.1 Å². The van der Waals surface area contributed by atoms with Gasteiger partial charge in [0.05, 0.1) is 6.20 Å². The summed E-state index contributed by atoms with van der Waals surface area (Å²) in [7, 11) is -8.70. The second kappa shape index (κ2) is 8.16. The Bertz CT molecular complexity index is 1040. The molecule has 1 aliphatic heterocycles. The summed E-state index contributed by atoms with van der Waals surface area (Å²) in [6, 6.07) is 0. The Labute approximate surface area is 171 Å². The number of ether oxygens (including phenoxy) is 1. The molecule has 1 saturated heterocycles. The SMILES string of the molecule is CC(C)P(=O)([O-])OC1C[C@H](n2ncc3c(=O)[nH]c(N)nc32)O[C@@H]1OP(=O)([O-])C(C)C. The zero-order valence-corrected chi connectivity index (χ0v) is 18.5. The molecule has 1 aliphatic rings. The normalized spacial score (nSPS) is 26.3. The molecule has 0 bridgehead atoms. The number of aromatic amines is 1. The predicted octanol–water partition coefficient (Wildman–Crippen LogP) is 0.272. The van der Waals surface area contributed by atoms with E-state index in [1.54, 1.807) is 0 Å². The van der Waals surface area contributed by atoms with Crippen LogP contribution in [0.3, 0.4) is 0 Å². The second-order valence-corrected chi connectivity index (χ2v) is 12.1. The van der Waals surface area contributed by atoms with Crippen LogP contribution in [-0.4, -0.2) is 43.5 Å². The molecule has 15 heteroatoms. The van der Waals surface area contributed by atoms with Gasteiger partial charge in [0, 0.05) is 17.7 Å². The van der Waals surface area contributed by atoms with Crippen molar-refractivity contribution in [1.82, 2.24) is 19.7 Å². The molecule has 0 aromatic carbocycles. The molecule has 3 unspecified atom stereocenters. The highest BCUT2D eigenvalue weighted by Gasteiger charge is 2.43. The number of anilines is 1. The second-order valence-electron chi connectivity index (χ2n) is 7.49. The van der Waals surface area contributed by atoms with Crippen LogP contribution in [0.15, 0.2) is 11.0 Å². The number of H-pyrrole nitrogens is 1. The van der Waals surface area contributed by atoms with E-state index < -0.39 is 50.7 Å². The zero-order valence-electron chi connectivity index (χ0n) is 16.8. The van der Waals surface area contributed by atoms with Crippen LogP contribution in [0, 0.1) is 0 Å². The third kappa shape index (κ3) is 4.52. The number of nitrogens with zero attached hydrogens (tertiary/aromatic N) is 3. The van der Waals surface area contributed by atoms with Gasteiger partial charge >= 0.3 is 0 Å². The summed E-state index contributed by atoms with van der Waals surface area (Å²) in [5.74, 6) is -0.152. The minimum atomic E-state index is -4.37. The van der Waals surface area contributed by atoms with E-state index in [1.165, 1.54) is 38.6 Å². The Balaban J connectivity index is 1.96. The first kappa shape index (κ1) is 23.1. The van der Waals surface area contributed by atoms with Crippen molar-refractivity contribution in [2.45, 2.75) is 64.1 Å². The topological polar surface area (TPSA) is 198 Å². The highest BCUT2D eigenvalue weighted by atomic mass is 31.2. The molecule has 2 aromatic rings. The number of nitrogens with one attached hydrogen (secondary N) is 1. The molecule has 0 aliphatic carbocycles. The summed E-state index contributed by atoms with van der Waals surface area (Å²) in [6.45, 7) is 5.71. The lowest BCUT2D eigenvalue weighted by Crippen LogP contribution is -2.31. The number of fused-ring (bicyclic) bond motifs is 1. The predicted molar refractivity (Wildman–Crippen MR) is 103 cm³/mol. The third-order valence-corrected chi connectivity index (χ3v) is 8.18. The van der Waals surface area contributed by atoms with Crippen LogP contribution < -0.4 is 21.1 Å². The largest absolute Gasteiger partial charge is 0.778 e. The summed E-state index contributed by atoms with van der Waals surface area (Å²) in [6.07, 6.45) is -2.66. The third-order valence-electron chi connectivity index (χ3n) is 4.58. The highest BCUT2D eigenvalue weighted by molar-refractivity contribution is 7.52. The number of hydrogen-bond donors (Lipinski definition) is 2. The summed E-state index contributed by atoms with van der Waals surface area (Å²) >= 11 is 0. The number of aromatic nitrogens is 4. The molecule has 2 aromatic heterocycles. The number of nitrogen functional groups attached to an aromatic ring is 1. The van der Waals surface area contributed by atoms with Gasteiger partial charge in [0.25, 0.3) is 5.56 Å². The Morgan fingerprint density at radius 3 is 2.43 bits per heavy atom. The van der Waals surface area contributed by atoms with Crippen LogP contribution in [-0.2, 0) is 22.9 Å². The van der Waals surface area contributed by atoms with Crippen molar-refractivity contribution in [2.75, 3.05) is 5.73 Å². The van der Waals surface area contributed by atoms with Crippen LogP contribution in [0.1, 0.15) is 40.3 Å². The van der Waals surface area contributed by atoms with Crippen molar-refractivity contribution in [3.63, 3.8) is 0 Å². The molecular weight excluding hydrogens is 440 g/mol. The van der Waals surface area contributed by atoms with Crippen molar-refractivity contribution in [1.29, 1.82) is 0 Å². The molecule has 30 heavy (non-hydrogen) atoms. The Morgan fingerprint density at radius 2 is 1.83 bits per heavy atom. The molecule has 1 fully saturated rings. The van der Waals surface area contributed by atoms with Gasteiger partial charge in [-0.25, -0.2) is 4.68 Å². The van der Waals surface area contributed by atoms with Crippen molar-refractivity contribution in [3.8, 4) is 0 Å². The first-order valence-corrected chi connectivity index (χ1v) is 12.4. The van der Waals surface area contributed by atoms with E-state index in [9.17, 15) is 23.7 Å². The van der Waals surface area contributed by atoms with Gasteiger partial charge in [-0.05, 0) is 0 Å². The molecule has 0 amide bonds. The Hall–Kier alpha value is -1.59. The molecule has 0 spiro atoms. The van der Waals surface area contributed by atoms with E-state index in [4.69, 9.17) is 19.5 Å². The van der Waals surface area contributed by atoms with E-state index in [0.29, 0.717) is 0 Å². The summed E-state index contributed by atoms with van der Waals surface area (Å²) in [4.78, 5) is 42.9. The van der Waals surface area contributed by atoms with E-state index in [1.807, 2.05) is 0 Å². The highest BCUT2D eigenvalue weighted by Crippen LogP contribution is 2.52. The lowest BCUT2D eigenvalue weighted by atomic mass is 10.3. The van der Waals surface area contributed by atoms with Crippen LogP contribution in [0.4, 0.5) is 5.95 Å². The lowest BCUT2D eigenvalue weighted by Gasteiger charge is -2.35. The van der Waals surface area contributed by atoms with Gasteiger partial charge < -0.3 is 38.4 Å². The average Bonchev–Trinajstić information content (AvgIpc) is 3.18. The minimum absolute atomic E-state index is 0.0870. The molecule has 0 saturated carbocycles. The van der Waals surface area contributed by atoms with Gasteiger partial charge in [-0.1, -0.05) is 27.7 Å². The molecule has 5 atom stereocenters. The van der Waals surface area contributed by atoms with Crippen LogP contribution in [0.2, 0.25) is 0 Å². The van der Waals surface area contributed by atoms with Gasteiger partial charge in [-0.2, -0.15) is 10.1 Å². The molecular formula is C15H23N5O8P2-2. The first-order valence-electron chi connectivity index (χ1n) is 9.18. The number of nitrogens with two attached hydrogens (primary N) is 1. The van der Waals surface area contributed by atoms with Gasteiger partial charge in [0.1, 0.15) is 26.7 Å². The number of hydrogen-bond acceptors (Lipinski definition) is 11. The van der Waals surface area contributed by atoms with Crippen molar-refractivity contribution in [3.05, 3.63) is 16.6 Å². The zero-order chi connectivity index (χ0) is 22.4. The van der Waals surface area contributed by atoms with E-state index in [0.717, 1.165) is 0 Å². The maximum atomic E-state index is 12.3. The summed E-state index contributed by atoms with van der Waals surface area (Å²) in [5.41, 5.74) is 3.45. The van der Waals surface area contributed by atoms with Crippen molar-refractivity contribution < 1.29 is 32.7 Å². The van der Waals surface area contributed by atoms with Gasteiger partial charge in [-0.15, -0.1) is 0 Å². The molecule has 3 N–H and O–H groups in total. The van der Waals surface area contributed by atoms with Gasteiger partial charge in [0.15, 0.2) is 18.2 Å². The quantitative estimate of drug-likeness (QED) is 0.534. The first-order chi connectivity index (χ1) is 13.8. The maximum Gasteiger partial charge on any atom is 0.263 e. The Kier molecular flexibility index (Phi) is 6.28. The standard InChI is InChI=1S/C15H25N5O8P2/c1-7(2)29(22,23)27-10-5-11(26-14(10)28-30(24,25)8(3)4)20-12-9(6-17-20)13(21)19-15(16)18-12/h6-8,10-11,14H,5H2,1-4H3,(H,22,23)(H,24,25)(H3,16,18,19,21)/p-2/t10?,11-,14-/m1/s1. The number of rotatable bonds is 7. The average molecular weight is 463 g/mol. The maximum absolute atomic E-state index is 12.3. The van der Waals surface area contributed by atoms with Crippen LogP contribution in [0.25, 0.3) is 11.0 Å². The minimum Gasteiger partial charge on any atom is -0.778 e. The fourth-order valence-electron chi connectivity index (χ4n) is 2.69. The Morgan fingerprint density at radius 1 is 1.23 bits per heavy atom. The lowest BCUT2D eigenvalue weighted by molar-refractivity contribution is -0.235. The van der Waals surface area contributed by atoms with E-state index in [-0.39, 0.29) is 23.4 Å². The smallest absolute Gasteiger partial charge is 0.263 e. The van der Waals surface area contributed by atoms with Gasteiger partial charge in [-0.3, -0.25) is 9.78 Å². The van der Waals surface area contributed by atoms with Gasteiger partial charge in [0.2, 0.25) is 5.95 Å². The summed E-state index contributed by atoms with van der Waals surface area (Å²) in [5, 5.41) is 4.19. The van der Waals surface area contributed by atoms with Crippen molar-refractivity contribution in [2.24, 2.45) is 0 Å². The molecule has 168 valence electrons. The molecule has 13 nitrogen and oxygen atoms in total. The van der Waals surface area contributed by atoms with E-state index >= 15 is 0 Å². The fourth-order valence-corrected chi connectivity index (χ4v) is 4.22. The fraction of sp³-hybridized carbons (Fsp3) is 0.667. The molecule has 0 radical (unpaired) electrons.